The number of rotatable bonds is 4. The van der Waals surface area contributed by atoms with E-state index in [1.807, 2.05) is 0 Å². The molecule has 3 rings (SSSR count). The number of nitrogens with one attached hydrogen (secondary N) is 1. The van der Waals surface area contributed by atoms with Crippen molar-refractivity contribution in [2.45, 2.75) is 26.2 Å². The number of benzene rings is 2. The monoisotopic (exact) mass is 599 g/mol. The molecule has 36 heavy (non-hydrogen) atoms. The zero-order valence-corrected chi connectivity index (χ0v) is 20.9. The lowest BCUT2D eigenvalue weighted by atomic mass is 9.82. The molecule has 1 aliphatic heterocycles. The zero-order chi connectivity index (χ0) is 27.1. The summed E-state index contributed by atoms with van der Waals surface area (Å²) in [6.45, 7) is 2.58. The molecule has 0 saturated heterocycles. The molecule has 1 unspecified atom stereocenters. The summed E-state index contributed by atoms with van der Waals surface area (Å²) in [7, 11) is 0. The number of amides is 2. The van der Waals surface area contributed by atoms with Crippen molar-refractivity contribution >= 4 is 50.9 Å². The number of ether oxygens (including phenoxy) is 1. The highest BCUT2D eigenvalue weighted by Gasteiger charge is 2.49. The van der Waals surface area contributed by atoms with Gasteiger partial charge in [0.1, 0.15) is 5.41 Å². The third kappa shape index (κ3) is 5.61. The molecule has 14 heteroatoms. The van der Waals surface area contributed by atoms with Gasteiger partial charge in [-0.2, -0.15) is 31.4 Å². The molecule has 2 amide bonds. The number of esters is 1. The summed E-state index contributed by atoms with van der Waals surface area (Å²) >= 11 is 8.63. The number of halogens is 8. The standard InChI is InChI=1S/C22H17BrClF6N3O3/c1-3-36-18(34)20(2)10-33(19(35)31-12-5-7-13(15(23)9-12)21(25,26)27)32-17(20)11-4-6-14(16(24)8-11)22(28,29)30/h4-9H,3,10H2,1-2H3,(H,31,35). The number of urea groups is 1. The van der Waals surface area contributed by atoms with Crippen LogP contribution in [-0.4, -0.2) is 35.9 Å². The Bertz CT molecular complexity index is 1230. The number of nitrogens with zero attached hydrogens (tertiary/aromatic N) is 2. The molecule has 194 valence electrons. The van der Waals surface area contributed by atoms with Gasteiger partial charge in [-0.05, 0) is 44.2 Å². The van der Waals surface area contributed by atoms with E-state index in [9.17, 15) is 35.9 Å². The maximum absolute atomic E-state index is 13.1. The summed E-state index contributed by atoms with van der Waals surface area (Å²) in [5, 5.41) is 6.71. The summed E-state index contributed by atoms with van der Waals surface area (Å²) in [6.07, 6.45) is -9.32. The second-order valence-electron chi connectivity index (χ2n) is 7.87. The van der Waals surface area contributed by atoms with Crippen LogP contribution in [0.15, 0.2) is 46.0 Å². The highest BCUT2D eigenvalue weighted by molar-refractivity contribution is 9.10. The fourth-order valence-electron chi connectivity index (χ4n) is 3.49. The highest BCUT2D eigenvalue weighted by Crippen LogP contribution is 2.39. The van der Waals surface area contributed by atoms with Crippen LogP contribution in [0.25, 0.3) is 0 Å². The van der Waals surface area contributed by atoms with Crippen LogP contribution in [-0.2, 0) is 21.9 Å². The summed E-state index contributed by atoms with van der Waals surface area (Å²) in [4.78, 5) is 25.6. The maximum atomic E-state index is 13.1. The Morgan fingerprint density at radius 1 is 1.11 bits per heavy atom. The Hall–Kier alpha value is -2.80. The lowest BCUT2D eigenvalue weighted by molar-refractivity contribution is -0.150. The van der Waals surface area contributed by atoms with Crippen LogP contribution < -0.4 is 5.32 Å². The molecule has 1 aliphatic rings. The Morgan fingerprint density at radius 2 is 1.72 bits per heavy atom. The summed E-state index contributed by atoms with van der Waals surface area (Å²) in [5.74, 6) is -0.785. The van der Waals surface area contributed by atoms with Crippen LogP contribution >= 0.6 is 27.5 Å². The number of hydrazone groups is 1. The first-order valence-electron chi connectivity index (χ1n) is 10.2. The van der Waals surface area contributed by atoms with Gasteiger partial charge in [-0.3, -0.25) is 4.79 Å². The third-order valence-electron chi connectivity index (χ3n) is 5.24. The SMILES string of the molecule is CCOC(=O)C1(C)CN(C(=O)Nc2ccc(C(F)(F)F)c(Br)c2)N=C1c1ccc(C(F)(F)F)c(Cl)c1. The number of carbonyl (C=O) groups is 2. The summed E-state index contributed by atoms with van der Waals surface area (Å²) in [6, 6.07) is 4.73. The molecule has 6 nitrogen and oxygen atoms in total. The van der Waals surface area contributed by atoms with Crippen molar-refractivity contribution in [3.8, 4) is 0 Å². The molecule has 0 aromatic heterocycles. The molecular weight excluding hydrogens is 584 g/mol. The second kappa shape index (κ2) is 9.92. The lowest BCUT2D eigenvalue weighted by Gasteiger charge is -2.24. The maximum Gasteiger partial charge on any atom is 0.417 e. The van der Waals surface area contributed by atoms with Gasteiger partial charge in [0.15, 0.2) is 0 Å². The fourth-order valence-corrected chi connectivity index (χ4v) is 4.38. The van der Waals surface area contributed by atoms with Crippen LogP contribution in [0.3, 0.4) is 0 Å². The topological polar surface area (TPSA) is 71.0 Å². The predicted octanol–water partition coefficient (Wildman–Crippen LogP) is 6.96. The van der Waals surface area contributed by atoms with Crippen LogP contribution in [0.4, 0.5) is 36.8 Å². The van der Waals surface area contributed by atoms with Crippen LogP contribution in [0.5, 0.6) is 0 Å². The molecule has 2 aromatic rings. The molecule has 1 heterocycles. The molecule has 0 aliphatic carbocycles. The Labute approximate surface area is 214 Å². The normalized spacial score (nSPS) is 18.2. The molecule has 1 N–H and O–H groups in total. The van der Waals surface area contributed by atoms with Crippen molar-refractivity contribution in [2.75, 3.05) is 18.5 Å². The lowest BCUT2D eigenvalue weighted by Crippen LogP contribution is -2.42. The van der Waals surface area contributed by atoms with Crippen LogP contribution in [0, 0.1) is 5.41 Å². The van der Waals surface area contributed by atoms with Crippen molar-refractivity contribution in [3.63, 3.8) is 0 Å². The Kier molecular flexibility index (Phi) is 7.66. The van der Waals surface area contributed by atoms with Crippen molar-refractivity contribution in [2.24, 2.45) is 10.5 Å². The van der Waals surface area contributed by atoms with E-state index in [4.69, 9.17) is 16.3 Å². The number of carbonyl (C=O) groups excluding carboxylic acids is 2. The molecule has 0 radical (unpaired) electrons. The average molecular weight is 601 g/mol. The van der Waals surface area contributed by atoms with Crippen molar-refractivity contribution in [3.05, 3.63) is 62.6 Å². The highest BCUT2D eigenvalue weighted by atomic mass is 79.9. The first kappa shape index (κ1) is 27.8. The Morgan fingerprint density at radius 3 is 2.25 bits per heavy atom. The van der Waals surface area contributed by atoms with E-state index < -0.39 is 45.9 Å². The Balaban J connectivity index is 1.95. The fraction of sp³-hybridized carbons (Fsp3) is 0.318. The van der Waals surface area contributed by atoms with Gasteiger partial charge in [-0.25, -0.2) is 9.80 Å². The first-order chi connectivity index (χ1) is 16.6. The van der Waals surface area contributed by atoms with Gasteiger partial charge in [0.2, 0.25) is 0 Å². The predicted molar refractivity (Wildman–Crippen MR) is 123 cm³/mol. The smallest absolute Gasteiger partial charge is 0.417 e. The molecule has 2 aromatic carbocycles. The quantitative estimate of drug-likeness (QED) is 0.305. The minimum Gasteiger partial charge on any atom is -0.465 e. The van der Waals surface area contributed by atoms with E-state index in [0.29, 0.717) is 0 Å². The van der Waals surface area contributed by atoms with E-state index in [1.54, 1.807) is 6.92 Å². The van der Waals surface area contributed by atoms with Crippen LogP contribution in [0.2, 0.25) is 5.02 Å². The molecule has 0 fully saturated rings. The average Bonchev–Trinajstić information content (AvgIpc) is 3.11. The van der Waals surface area contributed by atoms with Crippen molar-refractivity contribution in [1.82, 2.24) is 5.01 Å². The number of hydrogen-bond acceptors (Lipinski definition) is 4. The third-order valence-corrected chi connectivity index (χ3v) is 6.21. The van der Waals surface area contributed by atoms with E-state index in [1.165, 1.54) is 6.92 Å². The van der Waals surface area contributed by atoms with E-state index in [-0.39, 0.29) is 34.6 Å². The zero-order valence-electron chi connectivity index (χ0n) is 18.5. The molecule has 0 bridgehead atoms. The van der Waals surface area contributed by atoms with Crippen molar-refractivity contribution < 1.29 is 40.7 Å². The van der Waals surface area contributed by atoms with Gasteiger partial charge >= 0.3 is 24.4 Å². The minimum absolute atomic E-state index is 0.000984. The van der Waals surface area contributed by atoms with E-state index >= 15 is 0 Å². The molecule has 1 atom stereocenters. The van der Waals surface area contributed by atoms with Crippen molar-refractivity contribution in [1.29, 1.82) is 0 Å². The summed E-state index contributed by atoms with van der Waals surface area (Å²) in [5.41, 5.74) is -3.63. The number of anilines is 1. The van der Waals surface area contributed by atoms with E-state index in [2.05, 4.69) is 26.3 Å². The minimum atomic E-state index is -4.71. The first-order valence-corrected chi connectivity index (χ1v) is 11.3. The largest absolute Gasteiger partial charge is 0.465 e. The van der Waals surface area contributed by atoms with Gasteiger partial charge in [-0.1, -0.05) is 33.6 Å². The van der Waals surface area contributed by atoms with Gasteiger partial charge < -0.3 is 10.1 Å². The molecule has 0 saturated carbocycles. The second-order valence-corrected chi connectivity index (χ2v) is 9.14. The molecular formula is C22H17BrClF6N3O3. The van der Waals surface area contributed by atoms with Crippen LogP contribution in [0.1, 0.15) is 30.5 Å². The van der Waals surface area contributed by atoms with E-state index in [0.717, 1.165) is 41.4 Å². The number of hydrogen-bond donors (Lipinski definition) is 1. The van der Waals surface area contributed by atoms with Gasteiger partial charge in [0, 0.05) is 15.7 Å². The number of alkyl halides is 6. The van der Waals surface area contributed by atoms with Gasteiger partial charge in [-0.15, -0.1) is 0 Å². The molecule has 0 spiro atoms. The van der Waals surface area contributed by atoms with Gasteiger partial charge in [0.25, 0.3) is 0 Å². The van der Waals surface area contributed by atoms with Gasteiger partial charge in [0.05, 0.1) is 35.0 Å². The summed E-state index contributed by atoms with van der Waals surface area (Å²) < 4.78 is 83.1.